The minimum Gasteiger partial charge on any atom is -0.386 e. The summed E-state index contributed by atoms with van der Waals surface area (Å²) in [4.78, 5) is 0. The average Bonchev–Trinajstić information content (AvgIpc) is 2.38. The summed E-state index contributed by atoms with van der Waals surface area (Å²) in [6, 6.07) is 0. The van der Waals surface area contributed by atoms with Crippen LogP contribution in [0.4, 0.5) is 0 Å². The third kappa shape index (κ3) is 4.10. The fourth-order valence-electron chi connectivity index (χ4n) is 4.13. The molecule has 1 fully saturated rings. The van der Waals surface area contributed by atoms with Crippen LogP contribution >= 0.6 is 0 Å². The molecule has 0 bridgehead atoms. The highest BCUT2D eigenvalue weighted by molar-refractivity contribution is 5.18. The van der Waals surface area contributed by atoms with E-state index in [1.54, 1.807) is 5.57 Å². The zero-order chi connectivity index (χ0) is 15.7. The van der Waals surface area contributed by atoms with E-state index in [-0.39, 0.29) is 0 Å². The molecule has 0 radical (unpaired) electrons. The lowest BCUT2D eigenvalue weighted by Gasteiger charge is -2.55. The standard InChI is InChI=1S/C20H32O/c1-15-8-6-9-16(2)17-14-20(5,18(17)11-10-15)13-7-12-19(3,4)21/h7-8,12,17-18,21H,2,6,9-11,13-14H2,1,3-5H3/b12-7+,15-8?/t17-,18-,20-/m1/s1. The van der Waals surface area contributed by atoms with Gasteiger partial charge in [0, 0.05) is 0 Å². The maximum Gasteiger partial charge on any atom is 0.0771 e. The summed E-state index contributed by atoms with van der Waals surface area (Å²) in [7, 11) is 0. The quantitative estimate of drug-likeness (QED) is 0.687. The monoisotopic (exact) mass is 288 g/mol. The Morgan fingerprint density at radius 1 is 1.43 bits per heavy atom. The summed E-state index contributed by atoms with van der Waals surface area (Å²) in [6.07, 6.45) is 13.7. The van der Waals surface area contributed by atoms with E-state index in [4.69, 9.17) is 0 Å². The molecule has 2 aliphatic carbocycles. The largest absolute Gasteiger partial charge is 0.386 e. The van der Waals surface area contributed by atoms with E-state index in [0.717, 1.165) is 24.7 Å². The van der Waals surface area contributed by atoms with Crippen LogP contribution in [0.1, 0.15) is 66.2 Å². The SMILES string of the molecule is C=C1CCC=C(C)CC[C@@H]2[C@@H]1C[C@@]2(C)C/C=C/C(C)(C)O. The third-order valence-electron chi connectivity index (χ3n) is 5.51. The molecule has 0 aliphatic heterocycles. The molecular formula is C20H32O. The highest BCUT2D eigenvalue weighted by atomic mass is 16.3. The van der Waals surface area contributed by atoms with E-state index in [1.165, 1.54) is 31.3 Å². The third-order valence-corrected chi connectivity index (χ3v) is 5.51. The number of fused-ring (bicyclic) bond motifs is 1. The Balaban J connectivity index is 2.05. The lowest BCUT2D eigenvalue weighted by atomic mass is 9.50. The van der Waals surface area contributed by atoms with Gasteiger partial charge in [-0.3, -0.25) is 0 Å². The summed E-state index contributed by atoms with van der Waals surface area (Å²) in [5.74, 6) is 1.49. The molecule has 0 heterocycles. The van der Waals surface area contributed by atoms with E-state index >= 15 is 0 Å². The van der Waals surface area contributed by atoms with Crippen molar-refractivity contribution >= 4 is 0 Å². The van der Waals surface area contributed by atoms with Crippen LogP contribution < -0.4 is 0 Å². The van der Waals surface area contributed by atoms with Crippen molar-refractivity contribution in [3.63, 3.8) is 0 Å². The van der Waals surface area contributed by atoms with Gasteiger partial charge >= 0.3 is 0 Å². The minimum absolute atomic E-state index is 0.389. The van der Waals surface area contributed by atoms with E-state index in [2.05, 4.69) is 32.6 Å². The van der Waals surface area contributed by atoms with E-state index in [9.17, 15) is 5.11 Å². The Labute approximate surface area is 130 Å². The molecule has 0 aromatic carbocycles. The Bertz CT molecular complexity index is 449. The first kappa shape index (κ1) is 16.5. The van der Waals surface area contributed by atoms with Gasteiger partial charge in [0.1, 0.15) is 0 Å². The normalized spacial score (nSPS) is 34.5. The van der Waals surface area contributed by atoms with Crippen molar-refractivity contribution in [2.45, 2.75) is 71.8 Å². The molecule has 1 nitrogen and oxygen atoms in total. The topological polar surface area (TPSA) is 20.2 Å². The van der Waals surface area contributed by atoms with Gasteiger partial charge in [0.15, 0.2) is 0 Å². The fraction of sp³-hybridized carbons (Fsp3) is 0.700. The second-order valence-electron chi connectivity index (χ2n) is 8.12. The number of allylic oxidation sites excluding steroid dienone is 4. The van der Waals surface area contributed by atoms with Crippen molar-refractivity contribution in [2.24, 2.45) is 17.3 Å². The lowest BCUT2D eigenvalue weighted by molar-refractivity contribution is -0.0114. The van der Waals surface area contributed by atoms with Crippen LogP contribution in [0.2, 0.25) is 0 Å². The second-order valence-corrected chi connectivity index (χ2v) is 8.12. The van der Waals surface area contributed by atoms with E-state index in [0.29, 0.717) is 5.41 Å². The summed E-state index contributed by atoms with van der Waals surface area (Å²) in [5.41, 5.74) is 2.71. The highest BCUT2D eigenvalue weighted by Crippen LogP contribution is 2.58. The molecule has 0 saturated heterocycles. The molecule has 2 aliphatic rings. The molecule has 0 aromatic heterocycles. The van der Waals surface area contributed by atoms with Gasteiger partial charge < -0.3 is 5.11 Å². The highest BCUT2D eigenvalue weighted by Gasteiger charge is 2.49. The fourth-order valence-corrected chi connectivity index (χ4v) is 4.13. The molecule has 1 saturated carbocycles. The summed E-state index contributed by atoms with van der Waals surface area (Å²) in [5, 5.41) is 9.83. The molecule has 118 valence electrons. The Hall–Kier alpha value is -0.820. The van der Waals surface area contributed by atoms with Crippen molar-refractivity contribution in [1.29, 1.82) is 0 Å². The molecule has 0 spiro atoms. The second kappa shape index (κ2) is 6.12. The summed E-state index contributed by atoms with van der Waals surface area (Å²) < 4.78 is 0. The predicted octanol–water partition coefficient (Wildman–Crippen LogP) is 5.42. The molecule has 3 atom stereocenters. The maximum atomic E-state index is 9.83. The zero-order valence-corrected chi connectivity index (χ0v) is 14.3. The van der Waals surface area contributed by atoms with E-state index < -0.39 is 5.60 Å². The summed E-state index contributed by atoms with van der Waals surface area (Å²) >= 11 is 0. The van der Waals surface area contributed by atoms with Gasteiger partial charge in [-0.15, -0.1) is 0 Å². The first-order valence-corrected chi connectivity index (χ1v) is 8.45. The van der Waals surface area contributed by atoms with Gasteiger partial charge in [0.05, 0.1) is 5.60 Å². The number of rotatable bonds is 3. The Morgan fingerprint density at radius 2 is 2.14 bits per heavy atom. The maximum absolute atomic E-state index is 9.83. The van der Waals surface area contributed by atoms with Crippen LogP contribution in [-0.2, 0) is 0 Å². The first-order valence-electron chi connectivity index (χ1n) is 8.45. The van der Waals surface area contributed by atoms with Gasteiger partial charge in [-0.05, 0) is 76.5 Å². The van der Waals surface area contributed by atoms with Crippen molar-refractivity contribution in [2.75, 3.05) is 0 Å². The molecular weight excluding hydrogens is 256 g/mol. The molecule has 1 heteroatoms. The smallest absolute Gasteiger partial charge is 0.0771 e. The van der Waals surface area contributed by atoms with Crippen molar-refractivity contribution in [1.82, 2.24) is 0 Å². The van der Waals surface area contributed by atoms with Crippen LogP contribution in [0, 0.1) is 17.3 Å². The lowest BCUT2D eigenvalue weighted by Crippen LogP contribution is -2.46. The molecule has 0 aromatic rings. The van der Waals surface area contributed by atoms with Crippen molar-refractivity contribution in [3.05, 3.63) is 36.0 Å². The molecule has 21 heavy (non-hydrogen) atoms. The van der Waals surface area contributed by atoms with Gasteiger partial charge in [-0.25, -0.2) is 0 Å². The van der Waals surface area contributed by atoms with Crippen LogP contribution in [0.15, 0.2) is 36.0 Å². The van der Waals surface area contributed by atoms with E-state index in [1.807, 2.05) is 19.9 Å². The summed E-state index contributed by atoms with van der Waals surface area (Å²) in [6.45, 7) is 12.7. The van der Waals surface area contributed by atoms with Gasteiger partial charge in [0.2, 0.25) is 0 Å². The first-order chi connectivity index (χ1) is 9.71. The molecule has 1 N–H and O–H groups in total. The number of hydrogen-bond donors (Lipinski definition) is 1. The van der Waals surface area contributed by atoms with Gasteiger partial charge in [-0.1, -0.05) is 42.9 Å². The van der Waals surface area contributed by atoms with Crippen molar-refractivity contribution in [3.8, 4) is 0 Å². The average molecular weight is 288 g/mol. The predicted molar refractivity (Wildman–Crippen MR) is 91.1 cm³/mol. The van der Waals surface area contributed by atoms with Crippen molar-refractivity contribution < 1.29 is 5.11 Å². The van der Waals surface area contributed by atoms with Gasteiger partial charge in [0.25, 0.3) is 0 Å². The number of aliphatic hydroxyl groups is 1. The Kier molecular flexibility index (Phi) is 4.82. The van der Waals surface area contributed by atoms with Crippen LogP contribution in [0.5, 0.6) is 0 Å². The molecule has 0 unspecified atom stereocenters. The Morgan fingerprint density at radius 3 is 2.81 bits per heavy atom. The van der Waals surface area contributed by atoms with Crippen LogP contribution in [-0.4, -0.2) is 10.7 Å². The number of hydrogen-bond acceptors (Lipinski definition) is 1. The zero-order valence-electron chi connectivity index (χ0n) is 14.3. The van der Waals surface area contributed by atoms with Crippen LogP contribution in [0.3, 0.4) is 0 Å². The molecule has 0 amide bonds. The van der Waals surface area contributed by atoms with Crippen LogP contribution in [0.25, 0.3) is 0 Å². The van der Waals surface area contributed by atoms with Gasteiger partial charge in [-0.2, -0.15) is 0 Å². The minimum atomic E-state index is -0.694. The molecule has 2 rings (SSSR count).